The molecule has 0 heterocycles. The molecule has 0 amide bonds. The van der Waals surface area contributed by atoms with Crippen LogP contribution in [0.1, 0.15) is 64.2 Å². The van der Waals surface area contributed by atoms with Crippen LogP contribution in [0.2, 0.25) is 0 Å². The fourth-order valence-electron chi connectivity index (χ4n) is 3.29. The summed E-state index contributed by atoms with van der Waals surface area (Å²) in [6.45, 7) is 3.73. The molecule has 2 aliphatic rings. The second-order valence-electron chi connectivity index (χ2n) is 5.59. The molecular formula is C16H26O. The van der Waals surface area contributed by atoms with Crippen molar-refractivity contribution in [2.45, 2.75) is 64.2 Å². The maximum Gasteiger partial charge on any atom is 0.102 e. The van der Waals surface area contributed by atoms with Gasteiger partial charge in [0.05, 0.1) is 6.26 Å². The molecule has 2 saturated carbocycles. The van der Waals surface area contributed by atoms with Crippen molar-refractivity contribution >= 4 is 0 Å². The predicted molar refractivity (Wildman–Crippen MR) is 72.5 cm³/mol. The van der Waals surface area contributed by atoms with Gasteiger partial charge in [-0.3, -0.25) is 0 Å². The molecule has 0 atom stereocenters. The highest BCUT2D eigenvalue weighted by Crippen LogP contribution is 2.33. The second-order valence-corrected chi connectivity index (χ2v) is 5.59. The summed E-state index contributed by atoms with van der Waals surface area (Å²) in [6.07, 6.45) is 17.7. The second kappa shape index (κ2) is 6.88. The van der Waals surface area contributed by atoms with E-state index in [0.717, 1.165) is 5.92 Å². The van der Waals surface area contributed by atoms with Crippen molar-refractivity contribution < 1.29 is 4.74 Å². The third-order valence-electron chi connectivity index (χ3n) is 4.28. The van der Waals surface area contributed by atoms with Crippen LogP contribution >= 0.6 is 0 Å². The fraction of sp³-hybridized carbons (Fsp3) is 0.750. The summed E-state index contributed by atoms with van der Waals surface area (Å²) in [5.74, 6) is 2.66. The molecule has 2 aliphatic carbocycles. The van der Waals surface area contributed by atoms with E-state index >= 15 is 0 Å². The first-order valence-corrected chi connectivity index (χ1v) is 7.39. The number of hydrogen-bond donors (Lipinski definition) is 0. The number of allylic oxidation sites excluding steroid dienone is 2. The van der Waals surface area contributed by atoms with Gasteiger partial charge in [0.25, 0.3) is 0 Å². The van der Waals surface area contributed by atoms with Crippen molar-refractivity contribution in [3.8, 4) is 0 Å². The van der Waals surface area contributed by atoms with E-state index in [4.69, 9.17) is 4.74 Å². The van der Waals surface area contributed by atoms with Crippen LogP contribution < -0.4 is 0 Å². The smallest absolute Gasteiger partial charge is 0.102 e. The quantitative estimate of drug-likeness (QED) is 0.608. The van der Waals surface area contributed by atoms with Crippen molar-refractivity contribution in [3.63, 3.8) is 0 Å². The molecule has 1 heteroatoms. The summed E-state index contributed by atoms with van der Waals surface area (Å²) in [5, 5.41) is 0. The molecule has 0 aromatic heterocycles. The number of rotatable bonds is 4. The molecule has 2 rings (SSSR count). The highest BCUT2D eigenvalue weighted by atomic mass is 16.5. The van der Waals surface area contributed by atoms with E-state index in [1.54, 1.807) is 6.26 Å². The summed E-state index contributed by atoms with van der Waals surface area (Å²) < 4.78 is 5.71. The maximum atomic E-state index is 5.71. The van der Waals surface area contributed by atoms with E-state index in [1.807, 2.05) is 0 Å². The van der Waals surface area contributed by atoms with Crippen molar-refractivity contribution in [1.82, 2.24) is 0 Å². The molecule has 0 bridgehead atoms. The van der Waals surface area contributed by atoms with Gasteiger partial charge in [0.1, 0.15) is 5.76 Å². The van der Waals surface area contributed by atoms with Crippen LogP contribution in [-0.2, 0) is 4.74 Å². The number of ether oxygens (including phenoxy) is 1. The summed E-state index contributed by atoms with van der Waals surface area (Å²) >= 11 is 0. The minimum absolute atomic E-state index is 0.670. The van der Waals surface area contributed by atoms with E-state index in [0.29, 0.717) is 5.92 Å². The minimum atomic E-state index is 0.670. The van der Waals surface area contributed by atoms with Crippen molar-refractivity contribution in [1.29, 1.82) is 0 Å². The highest BCUT2D eigenvalue weighted by molar-refractivity contribution is 5.04. The number of hydrogen-bond acceptors (Lipinski definition) is 1. The fourth-order valence-corrected chi connectivity index (χ4v) is 3.29. The molecule has 0 aliphatic heterocycles. The lowest BCUT2D eigenvalue weighted by Crippen LogP contribution is -2.13. The largest absolute Gasteiger partial charge is 0.470 e. The average Bonchev–Trinajstić information content (AvgIpc) is 2.40. The van der Waals surface area contributed by atoms with E-state index in [2.05, 4.69) is 12.7 Å². The lowest BCUT2D eigenvalue weighted by Gasteiger charge is -2.26. The Hall–Kier alpha value is -0.720. The zero-order valence-electron chi connectivity index (χ0n) is 11.0. The van der Waals surface area contributed by atoms with E-state index in [9.17, 15) is 0 Å². The molecule has 96 valence electrons. The van der Waals surface area contributed by atoms with Gasteiger partial charge in [0, 0.05) is 5.92 Å². The molecule has 0 saturated heterocycles. The average molecular weight is 234 g/mol. The summed E-state index contributed by atoms with van der Waals surface area (Å²) in [5.41, 5.74) is 0. The molecule has 0 N–H and O–H groups in total. The normalized spacial score (nSPS) is 24.6. The van der Waals surface area contributed by atoms with Gasteiger partial charge in [0.2, 0.25) is 0 Å². The van der Waals surface area contributed by atoms with Gasteiger partial charge >= 0.3 is 0 Å². The zero-order chi connectivity index (χ0) is 11.9. The Morgan fingerprint density at radius 3 is 2.06 bits per heavy atom. The maximum absolute atomic E-state index is 5.71. The Labute approximate surface area is 106 Å². The summed E-state index contributed by atoms with van der Waals surface area (Å²) in [6, 6.07) is 0. The lowest BCUT2D eigenvalue weighted by atomic mass is 9.84. The molecule has 0 aromatic rings. The SMILES string of the molecule is C=CO/C(=C\C1CCCCC1)C1CCCCC1. The Morgan fingerprint density at radius 2 is 1.47 bits per heavy atom. The Kier molecular flexibility index (Phi) is 5.15. The molecule has 17 heavy (non-hydrogen) atoms. The summed E-state index contributed by atoms with van der Waals surface area (Å²) in [4.78, 5) is 0. The van der Waals surface area contributed by atoms with Crippen LogP contribution in [0.4, 0.5) is 0 Å². The molecule has 0 aromatic carbocycles. The van der Waals surface area contributed by atoms with Crippen LogP contribution in [0.5, 0.6) is 0 Å². The lowest BCUT2D eigenvalue weighted by molar-refractivity contribution is 0.243. The van der Waals surface area contributed by atoms with E-state index < -0.39 is 0 Å². The first-order chi connectivity index (χ1) is 8.40. The Morgan fingerprint density at radius 1 is 0.882 bits per heavy atom. The van der Waals surface area contributed by atoms with Crippen LogP contribution in [0.25, 0.3) is 0 Å². The molecular weight excluding hydrogens is 208 g/mol. The van der Waals surface area contributed by atoms with Crippen molar-refractivity contribution in [3.05, 3.63) is 24.7 Å². The van der Waals surface area contributed by atoms with E-state index in [1.165, 1.54) is 70.0 Å². The molecule has 0 spiro atoms. The van der Waals surface area contributed by atoms with Crippen LogP contribution in [-0.4, -0.2) is 0 Å². The molecule has 2 fully saturated rings. The van der Waals surface area contributed by atoms with Crippen LogP contribution in [0.15, 0.2) is 24.7 Å². The van der Waals surface area contributed by atoms with Gasteiger partial charge in [0.15, 0.2) is 0 Å². The van der Waals surface area contributed by atoms with Gasteiger partial charge in [-0.15, -0.1) is 0 Å². The van der Waals surface area contributed by atoms with Crippen LogP contribution in [0, 0.1) is 11.8 Å². The van der Waals surface area contributed by atoms with Crippen LogP contribution in [0.3, 0.4) is 0 Å². The zero-order valence-corrected chi connectivity index (χ0v) is 11.0. The summed E-state index contributed by atoms with van der Waals surface area (Å²) in [7, 11) is 0. The minimum Gasteiger partial charge on any atom is -0.470 e. The third kappa shape index (κ3) is 3.90. The van der Waals surface area contributed by atoms with Gasteiger partial charge in [-0.1, -0.05) is 45.1 Å². The Balaban J connectivity index is 1.98. The van der Waals surface area contributed by atoms with Gasteiger partial charge in [-0.05, 0) is 37.7 Å². The van der Waals surface area contributed by atoms with Gasteiger partial charge in [-0.2, -0.15) is 0 Å². The molecule has 0 unspecified atom stereocenters. The highest BCUT2D eigenvalue weighted by Gasteiger charge is 2.21. The molecule has 0 radical (unpaired) electrons. The first-order valence-electron chi connectivity index (χ1n) is 7.39. The van der Waals surface area contributed by atoms with Gasteiger partial charge in [-0.25, -0.2) is 0 Å². The molecule has 1 nitrogen and oxygen atoms in total. The first kappa shape index (κ1) is 12.7. The third-order valence-corrected chi connectivity index (χ3v) is 4.28. The van der Waals surface area contributed by atoms with Gasteiger partial charge < -0.3 is 4.74 Å². The van der Waals surface area contributed by atoms with E-state index in [-0.39, 0.29) is 0 Å². The topological polar surface area (TPSA) is 9.23 Å². The predicted octanol–water partition coefficient (Wildman–Crippen LogP) is 5.19. The van der Waals surface area contributed by atoms with Crippen molar-refractivity contribution in [2.24, 2.45) is 11.8 Å². The standard InChI is InChI=1S/C16H26O/c1-2-17-16(15-11-7-4-8-12-15)13-14-9-5-3-6-10-14/h2,13-15H,1,3-12H2/b16-13-. The van der Waals surface area contributed by atoms with Crippen molar-refractivity contribution in [2.75, 3.05) is 0 Å². The Bertz CT molecular complexity index is 255. The monoisotopic (exact) mass is 234 g/mol.